The fourth-order valence-corrected chi connectivity index (χ4v) is 2.37. The predicted octanol–water partition coefficient (Wildman–Crippen LogP) is 3.36. The molecule has 0 fully saturated rings. The average molecular weight is 368 g/mol. The fraction of sp³-hybridized carbons (Fsp3) is 0.250. The molecule has 0 saturated heterocycles. The maximum Gasteiger partial charge on any atom is 0.319 e. The minimum atomic E-state index is -0.274. The van der Waals surface area contributed by atoms with E-state index in [0.717, 1.165) is 5.56 Å². The molecule has 0 heterocycles. The molecule has 142 valence electrons. The van der Waals surface area contributed by atoms with E-state index in [2.05, 4.69) is 21.3 Å². The van der Waals surface area contributed by atoms with Crippen molar-refractivity contribution >= 4 is 34.9 Å². The highest BCUT2D eigenvalue weighted by molar-refractivity contribution is 5.93. The lowest BCUT2D eigenvalue weighted by Crippen LogP contribution is -2.34. The molecule has 0 aliphatic rings. The molecule has 0 unspecified atom stereocenters. The molecule has 27 heavy (non-hydrogen) atoms. The molecule has 7 heteroatoms. The Labute approximate surface area is 158 Å². The molecule has 2 aromatic rings. The molecular formula is C20H24N4O3. The van der Waals surface area contributed by atoms with Gasteiger partial charge < -0.3 is 21.3 Å². The van der Waals surface area contributed by atoms with Gasteiger partial charge in [0.2, 0.25) is 11.8 Å². The lowest BCUT2D eigenvalue weighted by molar-refractivity contribution is -0.116. The Hall–Kier alpha value is -3.35. The zero-order valence-corrected chi connectivity index (χ0v) is 15.6. The van der Waals surface area contributed by atoms with Gasteiger partial charge in [0.15, 0.2) is 0 Å². The lowest BCUT2D eigenvalue weighted by Gasteiger charge is -2.11. The first kappa shape index (κ1) is 20.0. The number of anilines is 3. The Morgan fingerprint density at radius 2 is 1.26 bits per heavy atom. The zero-order valence-electron chi connectivity index (χ0n) is 15.6. The molecule has 0 bridgehead atoms. The Bertz CT molecular complexity index is 799. The van der Waals surface area contributed by atoms with Crippen molar-refractivity contribution in [2.24, 2.45) is 0 Å². The third kappa shape index (κ3) is 7.19. The summed E-state index contributed by atoms with van der Waals surface area (Å²) >= 11 is 0. The molecule has 4 amide bonds. The number of amides is 4. The Balaban J connectivity index is 1.86. The predicted molar refractivity (Wildman–Crippen MR) is 107 cm³/mol. The molecule has 0 saturated carbocycles. The van der Waals surface area contributed by atoms with Gasteiger partial charge in [0.1, 0.15) is 0 Å². The van der Waals surface area contributed by atoms with Gasteiger partial charge in [0, 0.05) is 30.0 Å². The van der Waals surface area contributed by atoms with Crippen molar-refractivity contribution in [2.45, 2.75) is 33.2 Å². The van der Waals surface area contributed by atoms with E-state index in [1.54, 1.807) is 48.5 Å². The van der Waals surface area contributed by atoms with Crippen molar-refractivity contribution in [1.82, 2.24) is 5.32 Å². The Kier molecular flexibility index (Phi) is 6.93. The summed E-state index contributed by atoms with van der Waals surface area (Å²) in [5, 5.41) is 10.9. The molecule has 2 aromatic carbocycles. The highest BCUT2D eigenvalue weighted by atomic mass is 16.2. The molecule has 0 aliphatic carbocycles. The van der Waals surface area contributed by atoms with Crippen LogP contribution in [-0.4, -0.2) is 23.9 Å². The van der Waals surface area contributed by atoms with Gasteiger partial charge >= 0.3 is 6.03 Å². The van der Waals surface area contributed by atoms with Crippen LogP contribution in [0.15, 0.2) is 48.5 Å². The summed E-state index contributed by atoms with van der Waals surface area (Å²) in [4.78, 5) is 34.8. The minimum Gasteiger partial charge on any atom is -0.336 e. The molecule has 0 aliphatic heterocycles. The van der Waals surface area contributed by atoms with E-state index >= 15 is 0 Å². The molecule has 0 atom stereocenters. The van der Waals surface area contributed by atoms with Gasteiger partial charge in [-0.25, -0.2) is 4.79 Å². The van der Waals surface area contributed by atoms with Gasteiger partial charge in [-0.05, 0) is 55.8 Å². The summed E-state index contributed by atoms with van der Waals surface area (Å²) < 4.78 is 0. The van der Waals surface area contributed by atoms with Crippen molar-refractivity contribution in [3.63, 3.8) is 0 Å². The van der Waals surface area contributed by atoms with Crippen LogP contribution in [0.5, 0.6) is 0 Å². The van der Waals surface area contributed by atoms with Crippen molar-refractivity contribution in [2.75, 3.05) is 16.0 Å². The maximum absolute atomic E-state index is 12.2. The second kappa shape index (κ2) is 9.38. The standard InChI is InChI=1S/C20H24N4O3/c1-13(2)21-20(27)24-18-10-8-17(9-11-18)23-19(26)12-15-4-6-16(7-5-15)22-14(3)25/h4-11,13H,12H2,1-3H3,(H,22,25)(H,23,26)(H2,21,24,27). The van der Waals surface area contributed by atoms with E-state index in [4.69, 9.17) is 0 Å². The van der Waals surface area contributed by atoms with Crippen molar-refractivity contribution in [1.29, 1.82) is 0 Å². The molecular weight excluding hydrogens is 344 g/mol. The van der Waals surface area contributed by atoms with Crippen molar-refractivity contribution < 1.29 is 14.4 Å². The first-order chi connectivity index (χ1) is 12.8. The van der Waals surface area contributed by atoms with Gasteiger partial charge in [-0.2, -0.15) is 0 Å². The second-order valence-electron chi connectivity index (χ2n) is 6.43. The molecule has 4 N–H and O–H groups in total. The molecule has 0 radical (unpaired) electrons. The van der Waals surface area contributed by atoms with E-state index in [1.807, 2.05) is 13.8 Å². The second-order valence-corrected chi connectivity index (χ2v) is 6.43. The highest BCUT2D eigenvalue weighted by Gasteiger charge is 2.06. The summed E-state index contributed by atoms with van der Waals surface area (Å²) in [6.07, 6.45) is 0.219. The number of carbonyl (C=O) groups is 3. The third-order valence-electron chi connectivity index (χ3n) is 3.49. The first-order valence-electron chi connectivity index (χ1n) is 8.66. The van der Waals surface area contributed by atoms with Crippen molar-refractivity contribution in [3.05, 3.63) is 54.1 Å². The largest absolute Gasteiger partial charge is 0.336 e. The summed E-state index contributed by atoms with van der Waals surface area (Å²) in [6, 6.07) is 13.8. The van der Waals surface area contributed by atoms with Gasteiger partial charge in [-0.15, -0.1) is 0 Å². The fourth-order valence-electron chi connectivity index (χ4n) is 2.37. The van der Waals surface area contributed by atoms with Crippen LogP contribution in [0.2, 0.25) is 0 Å². The Morgan fingerprint density at radius 3 is 1.78 bits per heavy atom. The number of hydrogen-bond acceptors (Lipinski definition) is 3. The molecule has 2 rings (SSSR count). The number of rotatable bonds is 6. The maximum atomic E-state index is 12.2. The topological polar surface area (TPSA) is 99.3 Å². The van der Waals surface area contributed by atoms with E-state index in [1.165, 1.54) is 6.92 Å². The summed E-state index contributed by atoms with van der Waals surface area (Å²) in [5.74, 6) is -0.291. The van der Waals surface area contributed by atoms with Crippen LogP contribution in [0.3, 0.4) is 0 Å². The van der Waals surface area contributed by atoms with E-state index in [-0.39, 0.29) is 30.3 Å². The van der Waals surface area contributed by atoms with Crippen LogP contribution in [0.25, 0.3) is 0 Å². The summed E-state index contributed by atoms with van der Waals surface area (Å²) in [6.45, 7) is 5.20. The quantitative estimate of drug-likeness (QED) is 0.629. The van der Waals surface area contributed by atoms with E-state index < -0.39 is 0 Å². The van der Waals surface area contributed by atoms with Crippen molar-refractivity contribution in [3.8, 4) is 0 Å². The minimum absolute atomic E-state index is 0.0517. The van der Waals surface area contributed by atoms with Crippen LogP contribution in [0.1, 0.15) is 26.3 Å². The number of benzene rings is 2. The van der Waals surface area contributed by atoms with Gasteiger partial charge in [-0.1, -0.05) is 12.1 Å². The van der Waals surface area contributed by atoms with Gasteiger partial charge in [0.25, 0.3) is 0 Å². The van der Waals surface area contributed by atoms with E-state index in [0.29, 0.717) is 17.1 Å². The monoisotopic (exact) mass is 368 g/mol. The number of nitrogens with one attached hydrogen (secondary N) is 4. The molecule has 7 nitrogen and oxygen atoms in total. The molecule has 0 spiro atoms. The lowest BCUT2D eigenvalue weighted by atomic mass is 10.1. The average Bonchev–Trinajstić information content (AvgIpc) is 2.57. The van der Waals surface area contributed by atoms with Crippen LogP contribution in [-0.2, 0) is 16.0 Å². The highest BCUT2D eigenvalue weighted by Crippen LogP contribution is 2.15. The summed E-state index contributed by atoms with van der Waals surface area (Å²) in [7, 11) is 0. The van der Waals surface area contributed by atoms with E-state index in [9.17, 15) is 14.4 Å². The van der Waals surface area contributed by atoms with Crippen LogP contribution in [0.4, 0.5) is 21.9 Å². The SMILES string of the molecule is CC(=O)Nc1ccc(CC(=O)Nc2ccc(NC(=O)NC(C)C)cc2)cc1. The Morgan fingerprint density at radius 1 is 0.778 bits per heavy atom. The van der Waals surface area contributed by atoms with Crippen LogP contribution in [0, 0.1) is 0 Å². The number of hydrogen-bond donors (Lipinski definition) is 4. The summed E-state index contributed by atoms with van der Waals surface area (Å²) in [5.41, 5.74) is 2.81. The molecule has 0 aromatic heterocycles. The first-order valence-corrected chi connectivity index (χ1v) is 8.66. The van der Waals surface area contributed by atoms with Crippen LogP contribution < -0.4 is 21.3 Å². The number of carbonyl (C=O) groups excluding carboxylic acids is 3. The van der Waals surface area contributed by atoms with Crippen LogP contribution >= 0.6 is 0 Å². The third-order valence-corrected chi connectivity index (χ3v) is 3.49. The number of urea groups is 1. The van der Waals surface area contributed by atoms with Gasteiger partial charge in [-0.3, -0.25) is 9.59 Å². The normalized spacial score (nSPS) is 10.2. The zero-order chi connectivity index (χ0) is 19.8. The van der Waals surface area contributed by atoms with Gasteiger partial charge in [0.05, 0.1) is 6.42 Å². The smallest absolute Gasteiger partial charge is 0.319 e.